The molecule has 0 radical (unpaired) electrons. The fourth-order valence-corrected chi connectivity index (χ4v) is 2.16. The summed E-state index contributed by atoms with van der Waals surface area (Å²) in [5.74, 6) is 0. The predicted molar refractivity (Wildman–Crippen MR) is 63.4 cm³/mol. The Balaban J connectivity index is 2.15. The highest BCUT2D eigenvalue weighted by Crippen LogP contribution is 2.08. The van der Waals surface area contributed by atoms with Crippen LogP contribution in [0.3, 0.4) is 0 Å². The first-order valence-electron chi connectivity index (χ1n) is 5.22. The summed E-state index contributed by atoms with van der Waals surface area (Å²) in [6.07, 6.45) is 1.79. The third kappa shape index (κ3) is 5.28. The first-order chi connectivity index (χ1) is 7.36. The minimum Gasteiger partial charge on any atom is -0.396 e. The quantitative estimate of drug-likeness (QED) is 0.705. The molecule has 0 aliphatic heterocycles. The Kier molecular flexibility index (Phi) is 6.59. The molecule has 1 aromatic rings. The van der Waals surface area contributed by atoms with Gasteiger partial charge in [0.2, 0.25) is 0 Å². The molecule has 3 nitrogen and oxygen atoms in total. The Morgan fingerprint density at radius 2 is 2.47 bits per heavy atom. The smallest absolute Gasteiger partial charge is 0.0616 e. The highest BCUT2D eigenvalue weighted by molar-refractivity contribution is 7.09. The molecule has 15 heavy (non-hydrogen) atoms. The summed E-state index contributed by atoms with van der Waals surface area (Å²) in [7, 11) is 1.69. The van der Waals surface area contributed by atoms with Gasteiger partial charge in [0.1, 0.15) is 0 Å². The molecule has 0 aromatic carbocycles. The van der Waals surface area contributed by atoms with Gasteiger partial charge in [0.15, 0.2) is 0 Å². The molecule has 0 aliphatic carbocycles. The van der Waals surface area contributed by atoms with Crippen molar-refractivity contribution in [2.45, 2.75) is 18.9 Å². The largest absolute Gasteiger partial charge is 0.396 e. The molecule has 0 bridgehead atoms. The second-order valence-electron chi connectivity index (χ2n) is 3.45. The van der Waals surface area contributed by atoms with E-state index in [1.807, 2.05) is 0 Å². The average Bonchev–Trinajstić information content (AvgIpc) is 2.71. The molecule has 1 atom stereocenters. The molecule has 1 unspecified atom stereocenters. The summed E-state index contributed by atoms with van der Waals surface area (Å²) in [5.41, 5.74) is 0. The van der Waals surface area contributed by atoms with Crippen LogP contribution in [0.15, 0.2) is 17.5 Å². The molecule has 0 saturated carbocycles. The van der Waals surface area contributed by atoms with Crippen LogP contribution in [-0.2, 0) is 11.2 Å². The summed E-state index contributed by atoms with van der Waals surface area (Å²) < 4.78 is 5.07. The number of rotatable bonds is 8. The van der Waals surface area contributed by atoms with E-state index in [4.69, 9.17) is 9.84 Å². The number of methoxy groups -OCH3 is 1. The summed E-state index contributed by atoms with van der Waals surface area (Å²) in [6, 6.07) is 4.48. The molecule has 0 fully saturated rings. The zero-order chi connectivity index (χ0) is 10.9. The number of hydrogen-bond donors (Lipinski definition) is 2. The Morgan fingerprint density at radius 3 is 3.07 bits per heavy atom. The van der Waals surface area contributed by atoms with Crippen LogP contribution in [0.4, 0.5) is 0 Å². The fourth-order valence-electron chi connectivity index (χ4n) is 1.46. The third-order valence-corrected chi connectivity index (χ3v) is 3.17. The van der Waals surface area contributed by atoms with Crippen molar-refractivity contribution in [3.8, 4) is 0 Å². The maximum Gasteiger partial charge on any atom is 0.0616 e. The van der Waals surface area contributed by atoms with E-state index in [1.165, 1.54) is 4.88 Å². The van der Waals surface area contributed by atoms with Gasteiger partial charge in [0.05, 0.1) is 6.61 Å². The van der Waals surface area contributed by atoms with Gasteiger partial charge in [-0.3, -0.25) is 0 Å². The van der Waals surface area contributed by atoms with E-state index in [-0.39, 0.29) is 12.6 Å². The van der Waals surface area contributed by atoms with E-state index in [9.17, 15) is 0 Å². The monoisotopic (exact) mass is 229 g/mol. The lowest BCUT2D eigenvalue weighted by molar-refractivity contribution is 0.149. The van der Waals surface area contributed by atoms with Crippen LogP contribution in [0.1, 0.15) is 11.3 Å². The van der Waals surface area contributed by atoms with Gasteiger partial charge in [0, 0.05) is 31.2 Å². The summed E-state index contributed by atoms with van der Waals surface area (Å²) in [6.45, 7) is 1.81. The zero-order valence-electron chi connectivity index (χ0n) is 9.11. The number of hydrogen-bond acceptors (Lipinski definition) is 4. The average molecular weight is 229 g/mol. The van der Waals surface area contributed by atoms with E-state index in [2.05, 4.69) is 22.8 Å². The van der Waals surface area contributed by atoms with Crippen molar-refractivity contribution in [3.05, 3.63) is 22.4 Å². The number of thiophene rings is 1. The number of ether oxygens (including phenoxy) is 1. The van der Waals surface area contributed by atoms with Crippen molar-refractivity contribution in [1.82, 2.24) is 5.32 Å². The minimum atomic E-state index is 0.208. The van der Waals surface area contributed by atoms with E-state index in [0.717, 1.165) is 19.4 Å². The zero-order valence-corrected chi connectivity index (χ0v) is 9.93. The highest BCUT2D eigenvalue weighted by Gasteiger charge is 2.06. The summed E-state index contributed by atoms with van der Waals surface area (Å²) in [4.78, 5) is 1.39. The second kappa shape index (κ2) is 7.82. The van der Waals surface area contributed by atoms with Crippen LogP contribution in [0.25, 0.3) is 0 Å². The molecular weight excluding hydrogens is 210 g/mol. The fraction of sp³-hybridized carbons (Fsp3) is 0.636. The normalized spacial score (nSPS) is 12.9. The first-order valence-corrected chi connectivity index (χ1v) is 6.10. The van der Waals surface area contributed by atoms with Crippen molar-refractivity contribution in [2.75, 3.05) is 26.9 Å². The van der Waals surface area contributed by atoms with Gasteiger partial charge in [-0.15, -0.1) is 11.3 Å². The van der Waals surface area contributed by atoms with Gasteiger partial charge in [-0.05, 0) is 24.3 Å². The van der Waals surface area contributed by atoms with Gasteiger partial charge in [0.25, 0.3) is 0 Å². The molecule has 0 spiro atoms. The van der Waals surface area contributed by atoms with Crippen LogP contribution in [-0.4, -0.2) is 38.0 Å². The van der Waals surface area contributed by atoms with Crippen LogP contribution < -0.4 is 5.32 Å². The Morgan fingerprint density at radius 1 is 1.60 bits per heavy atom. The molecule has 0 aliphatic rings. The highest BCUT2D eigenvalue weighted by atomic mass is 32.1. The summed E-state index contributed by atoms with van der Waals surface area (Å²) in [5, 5.41) is 14.3. The van der Waals surface area contributed by atoms with E-state index < -0.39 is 0 Å². The number of nitrogens with one attached hydrogen (secondary N) is 1. The molecular formula is C11H19NO2S. The molecule has 2 N–H and O–H groups in total. The van der Waals surface area contributed by atoms with Gasteiger partial charge in [-0.25, -0.2) is 0 Å². The van der Waals surface area contributed by atoms with Crippen LogP contribution in [0, 0.1) is 0 Å². The molecule has 1 rings (SSSR count). The molecule has 0 amide bonds. The predicted octanol–water partition coefficient (Wildman–Crippen LogP) is 1.28. The second-order valence-corrected chi connectivity index (χ2v) is 4.48. The van der Waals surface area contributed by atoms with Crippen molar-refractivity contribution in [2.24, 2.45) is 0 Å². The van der Waals surface area contributed by atoms with Gasteiger partial charge < -0.3 is 15.2 Å². The SMILES string of the molecule is COCC(CCO)NCCc1cccs1. The molecule has 86 valence electrons. The number of aliphatic hydroxyl groups excluding tert-OH is 1. The van der Waals surface area contributed by atoms with Crippen molar-refractivity contribution >= 4 is 11.3 Å². The van der Waals surface area contributed by atoms with E-state index in [0.29, 0.717) is 6.61 Å². The van der Waals surface area contributed by atoms with Crippen LogP contribution >= 0.6 is 11.3 Å². The Labute approximate surface area is 95.1 Å². The van der Waals surface area contributed by atoms with Crippen LogP contribution in [0.2, 0.25) is 0 Å². The Hall–Kier alpha value is -0.420. The van der Waals surface area contributed by atoms with Crippen molar-refractivity contribution in [3.63, 3.8) is 0 Å². The van der Waals surface area contributed by atoms with Crippen molar-refractivity contribution in [1.29, 1.82) is 0 Å². The molecule has 4 heteroatoms. The van der Waals surface area contributed by atoms with Crippen molar-refractivity contribution < 1.29 is 9.84 Å². The lowest BCUT2D eigenvalue weighted by Crippen LogP contribution is -2.35. The van der Waals surface area contributed by atoms with Gasteiger partial charge in [-0.1, -0.05) is 6.07 Å². The molecule has 1 aromatic heterocycles. The topological polar surface area (TPSA) is 41.5 Å². The maximum absolute atomic E-state index is 8.85. The van der Waals surface area contributed by atoms with E-state index in [1.54, 1.807) is 18.4 Å². The van der Waals surface area contributed by atoms with Gasteiger partial charge in [-0.2, -0.15) is 0 Å². The number of aliphatic hydroxyl groups is 1. The van der Waals surface area contributed by atoms with E-state index >= 15 is 0 Å². The third-order valence-electron chi connectivity index (χ3n) is 2.23. The summed E-state index contributed by atoms with van der Waals surface area (Å²) >= 11 is 1.78. The van der Waals surface area contributed by atoms with Gasteiger partial charge >= 0.3 is 0 Å². The molecule has 1 heterocycles. The Bertz CT molecular complexity index is 233. The first kappa shape index (κ1) is 12.6. The standard InChI is InChI=1S/C11H19NO2S/c1-14-9-10(5-7-13)12-6-4-11-3-2-8-15-11/h2-3,8,10,12-13H,4-7,9H2,1H3. The van der Waals surface area contributed by atoms with Crippen LogP contribution in [0.5, 0.6) is 0 Å². The lowest BCUT2D eigenvalue weighted by atomic mass is 10.2. The molecule has 0 saturated heterocycles. The maximum atomic E-state index is 8.85. The minimum absolute atomic E-state index is 0.208. The lowest BCUT2D eigenvalue weighted by Gasteiger charge is -2.16.